The molecular weight excluding hydrogens is 304 g/mol. The Kier molecular flexibility index (Phi) is 4.67. The van der Waals surface area contributed by atoms with Crippen molar-refractivity contribution < 1.29 is 9.59 Å². The molecule has 2 saturated heterocycles. The van der Waals surface area contributed by atoms with Crippen LogP contribution in [-0.4, -0.2) is 70.9 Å². The summed E-state index contributed by atoms with van der Waals surface area (Å²) in [5.41, 5.74) is 1.79. The summed E-state index contributed by atoms with van der Waals surface area (Å²) in [7, 11) is 6.04. The third-order valence-electron chi connectivity index (χ3n) is 5.51. The molecule has 3 heterocycles. The lowest BCUT2D eigenvalue weighted by molar-refractivity contribution is -0.132. The number of amides is 2. The van der Waals surface area contributed by atoms with E-state index in [0.717, 1.165) is 50.3 Å². The van der Waals surface area contributed by atoms with Gasteiger partial charge in [0, 0.05) is 45.3 Å². The molecule has 2 fully saturated rings. The third kappa shape index (κ3) is 2.95. The van der Waals surface area contributed by atoms with Crippen molar-refractivity contribution in [1.82, 2.24) is 19.3 Å². The van der Waals surface area contributed by atoms with Gasteiger partial charge < -0.3 is 19.3 Å². The van der Waals surface area contributed by atoms with Crippen LogP contribution in [0.15, 0.2) is 12.1 Å². The highest BCUT2D eigenvalue weighted by Gasteiger charge is 2.35. The number of hydrogen-bond donors (Lipinski definition) is 0. The van der Waals surface area contributed by atoms with E-state index < -0.39 is 0 Å². The number of carbonyl (C=O) groups excluding carboxylic acids is 2. The summed E-state index contributed by atoms with van der Waals surface area (Å²) >= 11 is 0. The predicted molar refractivity (Wildman–Crippen MR) is 92.8 cm³/mol. The summed E-state index contributed by atoms with van der Waals surface area (Å²) in [5, 5.41) is 0. The molecule has 0 N–H and O–H groups in total. The molecule has 132 valence electrons. The first-order chi connectivity index (χ1) is 11.4. The van der Waals surface area contributed by atoms with Crippen molar-refractivity contribution in [3.05, 3.63) is 23.5 Å². The zero-order valence-corrected chi connectivity index (χ0v) is 15.2. The molecule has 1 atom stereocenters. The lowest BCUT2D eigenvalue weighted by atomic mass is 9.99. The third-order valence-corrected chi connectivity index (χ3v) is 5.51. The summed E-state index contributed by atoms with van der Waals surface area (Å²) in [4.78, 5) is 30.7. The van der Waals surface area contributed by atoms with Crippen molar-refractivity contribution in [2.75, 3.05) is 33.7 Å². The smallest absolute Gasteiger partial charge is 0.270 e. The van der Waals surface area contributed by atoms with Gasteiger partial charge in [0.1, 0.15) is 5.69 Å². The highest BCUT2D eigenvalue weighted by Crippen LogP contribution is 2.32. The lowest BCUT2D eigenvalue weighted by Crippen LogP contribution is -2.59. The van der Waals surface area contributed by atoms with Gasteiger partial charge in [-0.2, -0.15) is 0 Å². The van der Waals surface area contributed by atoms with Gasteiger partial charge in [-0.3, -0.25) is 9.59 Å². The van der Waals surface area contributed by atoms with E-state index >= 15 is 0 Å². The fourth-order valence-electron chi connectivity index (χ4n) is 3.80. The molecule has 24 heavy (non-hydrogen) atoms. The van der Waals surface area contributed by atoms with E-state index in [9.17, 15) is 9.59 Å². The molecule has 2 aliphatic rings. The topological polar surface area (TPSA) is 48.8 Å². The maximum atomic E-state index is 12.7. The Morgan fingerprint density at radius 2 is 1.88 bits per heavy atom. The zero-order chi connectivity index (χ0) is 17.4. The Bertz CT molecular complexity index is 631. The second kappa shape index (κ2) is 6.59. The SMILES string of the molecule is CC(=O)N1CCCCC1c1ccc(C(=O)N2CC(N(C)C)C2)n1C. The summed E-state index contributed by atoms with van der Waals surface area (Å²) in [6.07, 6.45) is 3.16. The highest BCUT2D eigenvalue weighted by atomic mass is 16.2. The number of aromatic nitrogens is 1. The molecule has 6 nitrogen and oxygen atoms in total. The number of nitrogens with zero attached hydrogens (tertiary/aromatic N) is 4. The van der Waals surface area contributed by atoms with E-state index in [0.29, 0.717) is 6.04 Å². The number of piperidine rings is 1. The average molecular weight is 332 g/mol. The standard InChI is InChI=1S/C18H28N4O2/c1-13(23)22-10-6-5-7-16(22)15-8-9-17(20(15)4)18(24)21-11-14(12-21)19(2)3/h8-9,14,16H,5-7,10-12H2,1-4H3. The Balaban J connectivity index is 1.76. The Morgan fingerprint density at radius 1 is 1.17 bits per heavy atom. The van der Waals surface area contributed by atoms with Gasteiger partial charge in [0.2, 0.25) is 5.91 Å². The highest BCUT2D eigenvalue weighted by molar-refractivity contribution is 5.93. The van der Waals surface area contributed by atoms with Gasteiger partial charge >= 0.3 is 0 Å². The van der Waals surface area contributed by atoms with Crippen LogP contribution in [0.25, 0.3) is 0 Å². The minimum Gasteiger partial charge on any atom is -0.342 e. The maximum absolute atomic E-state index is 12.7. The van der Waals surface area contributed by atoms with Gasteiger partial charge in [-0.25, -0.2) is 0 Å². The summed E-state index contributed by atoms with van der Waals surface area (Å²) < 4.78 is 1.98. The second-order valence-electron chi connectivity index (χ2n) is 7.25. The maximum Gasteiger partial charge on any atom is 0.270 e. The largest absolute Gasteiger partial charge is 0.342 e. The van der Waals surface area contributed by atoms with Gasteiger partial charge in [0.15, 0.2) is 0 Å². The van der Waals surface area contributed by atoms with Crippen LogP contribution in [0.4, 0.5) is 0 Å². The van der Waals surface area contributed by atoms with Gasteiger partial charge in [0.25, 0.3) is 5.91 Å². The number of hydrogen-bond acceptors (Lipinski definition) is 3. The Hall–Kier alpha value is -1.82. The molecule has 2 amide bonds. The van der Waals surface area contributed by atoms with Crippen LogP contribution in [0.2, 0.25) is 0 Å². The van der Waals surface area contributed by atoms with E-state index in [1.807, 2.05) is 47.6 Å². The van der Waals surface area contributed by atoms with Crippen molar-refractivity contribution in [1.29, 1.82) is 0 Å². The number of rotatable bonds is 3. The minimum atomic E-state index is 0.0898. The molecule has 0 bridgehead atoms. The van der Waals surface area contributed by atoms with Crippen molar-refractivity contribution in [2.45, 2.75) is 38.3 Å². The normalized spacial score (nSPS) is 22.0. The Morgan fingerprint density at radius 3 is 2.50 bits per heavy atom. The van der Waals surface area contributed by atoms with Crippen molar-refractivity contribution in [3.8, 4) is 0 Å². The van der Waals surface area contributed by atoms with Crippen LogP contribution < -0.4 is 0 Å². The summed E-state index contributed by atoms with van der Waals surface area (Å²) in [6.45, 7) is 4.02. The molecule has 1 aromatic heterocycles. The molecule has 1 unspecified atom stereocenters. The predicted octanol–water partition coefficient (Wildman–Crippen LogP) is 1.48. The molecule has 0 saturated carbocycles. The van der Waals surface area contributed by atoms with Crippen molar-refractivity contribution in [2.24, 2.45) is 7.05 Å². The zero-order valence-electron chi connectivity index (χ0n) is 15.2. The van der Waals surface area contributed by atoms with Crippen LogP contribution in [0.3, 0.4) is 0 Å². The van der Waals surface area contributed by atoms with Gasteiger partial charge in [-0.1, -0.05) is 0 Å². The van der Waals surface area contributed by atoms with Crippen LogP contribution in [0.1, 0.15) is 48.4 Å². The first-order valence-corrected chi connectivity index (χ1v) is 8.78. The lowest BCUT2D eigenvalue weighted by Gasteiger charge is -2.42. The number of likely N-dealkylation sites (N-methyl/N-ethyl adjacent to an activating group) is 1. The van der Waals surface area contributed by atoms with Crippen LogP contribution in [0.5, 0.6) is 0 Å². The molecule has 2 aliphatic heterocycles. The molecule has 0 radical (unpaired) electrons. The molecule has 0 aromatic carbocycles. The van der Waals surface area contributed by atoms with Crippen LogP contribution in [-0.2, 0) is 11.8 Å². The van der Waals surface area contributed by atoms with Gasteiger partial charge in [-0.05, 0) is 45.5 Å². The molecule has 6 heteroatoms. The molecule has 0 aliphatic carbocycles. The first kappa shape index (κ1) is 17.0. The molecular formula is C18H28N4O2. The molecule has 3 rings (SSSR count). The molecule has 1 aromatic rings. The second-order valence-corrected chi connectivity index (χ2v) is 7.25. The van der Waals surface area contributed by atoms with Crippen molar-refractivity contribution in [3.63, 3.8) is 0 Å². The van der Waals surface area contributed by atoms with E-state index in [1.54, 1.807) is 6.92 Å². The number of likely N-dealkylation sites (tertiary alicyclic amines) is 2. The fourth-order valence-corrected chi connectivity index (χ4v) is 3.80. The first-order valence-electron chi connectivity index (χ1n) is 8.78. The quantitative estimate of drug-likeness (QED) is 0.842. The summed E-state index contributed by atoms with van der Waals surface area (Å²) in [6, 6.07) is 4.48. The van der Waals surface area contributed by atoms with E-state index in [4.69, 9.17) is 0 Å². The molecule has 0 spiro atoms. The van der Waals surface area contributed by atoms with Crippen LogP contribution in [0, 0.1) is 0 Å². The van der Waals surface area contributed by atoms with E-state index in [2.05, 4.69) is 4.90 Å². The monoisotopic (exact) mass is 332 g/mol. The van der Waals surface area contributed by atoms with Crippen LogP contribution >= 0.6 is 0 Å². The minimum absolute atomic E-state index is 0.0898. The average Bonchev–Trinajstić information content (AvgIpc) is 2.86. The van der Waals surface area contributed by atoms with E-state index in [-0.39, 0.29) is 17.9 Å². The fraction of sp³-hybridized carbons (Fsp3) is 0.667. The Labute approximate surface area is 144 Å². The van der Waals surface area contributed by atoms with Gasteiger partial charge in [-0.15, -0.1) is 0 Å². The number of carbonyl (C=O) groups is 2. The summed E-state index contributed by atoms with van der Waals surface area (Å²) in [5.74, 6) is 0.206. The van der Waals surface area contributed by atoms with Gasteiger partial charge in [0.05, 0.1) is 6.04 Å². The van der Waals surface area contributed by atoms with Crippen molar-refractivity contribution >= 4 is 11.8 Å². The van der Waals surface area contributed by atoms with E-state index in [1.165, 1.54) is 0 Å².